The molecule has 32 heavy (non-hydrogen) atoms. The van der Waals surface area contributed by atoms with Crippen LogP contribution in [-0.4, -0.2) is 56.6 Å². The number of rotatable bonds is 11. The van der Waals surface area contributed by atoms with Crippen molar-refractivity contribution in [3.8, 4) is 5.75 Å². The molecule has 7 nitrogen and oxygen atoms in total. The Morgan fingerprint density at radius 1 is 1.34 bits per heavy atom. The van der Waals surface area contributed by atoms with Crippen molar-refractivity contribution < 1.29 is 9.53 Å². The number of hydrogen-bond acceptors (Lipinski definition) is 4. The fourth-order valence-corrected chi connectivity index (χ4v) is 3.75. The SMILES string of the molecule is CN=C(NCCCN1CCCC(C(N)=O)C1)NCc1ccc(C)cc1OCCC(C)C.I. The van der Waals surface area contributed by atoms with Crippen molar-refractivity contribution in [3.63, 3.8) is 0 Å². The second-order valence-electron chi connectivity index (χ2n) is 8.89. The van der Waals surface area contributed by atoms with Crippen LogP contribution in [0.2, 0.25) is 0 Å². The zero-order valence-electron chi connectivity index (χ0n) is 20.2. The molecule has 8 heteroatoms. The Kier molecular flexibility index (Phi) is 13.6. The van der Waals surface area contributed by atoms with Crippen molar-refractivity contribution in [1.29, 1.82) is 0 Å². The van der Waals surface area contributed by atoms with E-state index in [2.05, 4.69) is 59.5 Å². The smallest absolute Gasteiger partial charge is 0.221 e. The molecule has 2 rings (SSSR count). The number of aryl methyl sites for hydroxylation is 1. The van der Waals surface area contributed by atoms with Crippen LogP contribution in [0.1, 0.15) is 50.7 Å². The van der Waals surface area contributed by atoms with Crippen LogP contribution in [0.5, 0.6) is 5.75 Å². The Balaban J connectivity index is 0.00000512. The summed E-state index contributed by atoms with van der Waals surface area (Å²) in [5.74, 6) is 2.18. The van der Waals surface area contributed by atoms with Crippen molar-refractivity contribution in [2.75, 3.05) is 39.8 Å². The molecule has 182 valence electrons. The number of guanidine groups is 1. The molecule has 1 aromatic carbocycles. The van der Waals surface area contributed by atoms with Gasteiger partial charge in [0.05, 0.1) is 12.5 Å². The Labute approximate surface area is 211 Å². The minimum Gasteiger partial charge on any atom is -0.493 e. The maximum Gasteiger partial charge on any atom is 0.221 e. The predicted octanol–water partition coefficient (Wildman–Crippen LogP) is 3.29. The van der Waals surface area contributed by atoms with Crippen LogP contribution in [0.25, 0.3) is 0 Å². The van der Waals surface area contributed by atoms with Gasteiger partial charge in [-0.15, -0.1) is 24.0 Å². The molecule has 0 spiro atoms. The summed E-state index contributed by atoms with van der Waals surface area (Å²) in [6.45, 7) is 11.5. The number of likely N-dealkylation sites (tertiary alicyclic amines) is 1. The number of aliphatic imine (C=N–C) groups is 1. The van der Waals surface area contributed by atoms with Crippen molar-refractivity contribution in [2.45, 2.75) is 53.0 Å². The highest BCUT2D eigenvalue weighted by atomic mass is 127. The number of ether oxygens (including phenoxy) is 1. The third-order valence-electron chi connectivity index (χ3n) is 5.70. The summed E-state index contributed by atoms with van der Waals surface area (Å²) in [6, 6.07) is 6.33. The summed E-state index contributed by atoms with van der Waals surface area (Å²) in [5.41, 5.74) is 7.80. The van der Waals surface area contributed by atoms with Gasteiger partial charge in [-0.3, -0.25) is 9.79 Å². The number of nitrogens with one attached hydrogen (secondary N) is 2. The Morgan fingerprint density at radius 2 is 2.12 bits per heavy atom. The molecular formula is C24H42IN5O2. The molecule has 0 saturated carbocycles. The molecule has 1 aromatic rings. The van der Waals surface area contributed by atoms with E-state index in [1.807, 2.05) is 0 Å². The lowest BCUT2D eigenvalue weighted by molar-refractivity contribution is -0.123. The van der Waals surface area contributed by atoms with Gasteiger partial charge in [0.2, 0.25) is 5.91 Å². The molecule has 1 atom stereocenters. The molecule has 0 radical (unpaired) electrons. The maximum absolute atomic E-state index is 11.4. The highest BCUT2D eigenvalue weighted by Crippen LogP contribution is 2.21. The number of amides is 1. The van der Waals surface area contributed by atoms with Crippen LogP contribution in [0.4, 0.5) is 0 Å². The molecule has 1 unspecified atom stereocenters. The number of nitrogens with two attached hydrogens (primary N) is 1. The molecule has 0 aliphatic carbocycles. The first kappa shape index (κ1) is 28.5. The van der Waals surface area contributed by atoms with E-state index in [1.54, 1.807) is 7.05 Å². The van der Waals surface area contributed by atoms with Gasteiger partial charge in [0.1, 0.15) is 5.75 Å². The van der Waals surface area contributed by atoms with Crippen molar-refractivity contribution >= 4 is 35.8 Å². The first-order valence-corrected chi connectivity index (χ1v) is 11.6. The lowest BCUT2D eigenvalue weighted by Crippen LogP contribution is -2.42. The van der Waals surface area contributed by atoms with Crippen LogP contribution in [0.15, 0.2) is 23.2 Å². The van der Waals surface area contributed by atoms with Gasteiger partial charge >= 0.3 is 0 Å². The van der Waals surface area contributed by atoms with Gasteiger partial charge in [-0.25, -0.2) is 0 Å². The van der Waals surface area contributed by atoms with Gasteiger partial charge in [0.25, 0.3) is 0 Å². The van der Waals surface area contributed by atoms with Gasteiger partial charge in [-0.05, 0) is 63.2 Å². The van der Waals surface area contributed by atoms with Crippen LogP contribution >= 0.6 is 24.0 Å². The molecule has 1 aliphatic heterocycles. The van der Waals surface area contributed by atoms with E-state index >= 15 is 0 Å². The van der Waals surface area contributed by atoms with Gasteiger partial charge in [-0.1, -0.05) is 26.0 Å². The van der Waals surface area contributed by atoms with Crippen molar-refractivity contribution in [1.82, 2.24) is 15.5 Å². The number of carbonyl (C=O) groups is 1. The summed E-state index contributed by atoms with van der Waals surface area (Å²) in [4.78, 5) is 18.1. The highest BCUT2D eigenvalue weighted by molar-refractivity contribution is 14.0. The van der Waals surface area contributed by atoms with Gasteiger partial charge in [0.15, 0.2) is 5.96 Å². The van der Waals surface area contributed by atoms with Crippen molar-refractivity contribution in [3.05, 3.63) is 29.3 Å². The van der Waals surface area contributed by atoms with E-state index in [4.69, 9.17) is 10.5 Å². The summed E-state index contributed by atoms with van der Waals surface area (Å²) in [5, 5.41) is 6.77. The average molecular weight is 560 g/mol. The third-order valence-corrected chi connectivity index (χ3v) is 5.70. The summed E-state index contributed by atoms with van der Waals surface area (Å²) < 4.78 is 6.05. The van der Waals surface area contributed by atoms with Crippen LogP contribution < -0.4 is 21.1 Å². The topological polar surface area (TPSA) is 92.0 Å². The van der Waals surface area contributed by atoms with Crippen LogP contribution in [0.3, 0.4) is 0 Å². The second kappa shape index (κ2) is 15.3. The normalized spacial score (nSPS) is 17.0. The molecule has 0 aromatic heterocycles. The number of hydrogen-bond donors (Lipinski definition) is 3. The van der Waals surface area contributed by atoms with E-state index in [0.717, 1.165) is 75.7 Å². The number of nitrogens with zero attached hydrogens (tertiary/aromatic N) is 2. The molecule has 1 fully saturated rings. The fourth-order valence-electron chi connectivity index (χ4n) is 3.75. The molecular weight excluding hydrogens is 517 g/mol. The van der Waals surface area contributed by atoms with Crippen LogP contribution in [0, 0.1) is 18.8 Å². The first-order valence-electron chi connectivity index (χ1n) is 11.6. The monoisotopic (exact) mass is 559 g/mol. The van der Waals surface area contributed by atoms with Crippen molar-refractivity contribution in [2.24, 2.45) is 22.6 Å². The molecule has 4 N–H and O–H groups in total. The molecule has 1 saturated heterocycles. The third kappa shape index (κ3) is 10.4. The van der Waals surface area contributed by atoms with E-state index in [9.17, 15) is 4.79 Å². The lowest BCUT2D eigenvalue weighted by atomic mass is 9.97. The Bertz CT molecular complexity index is 726. The number of primary amides is 1. The first-order chi connectivity index (χ1) is 14.9. The number of carbonyl (C=O) groups excluding carboxylic acids is 1. The van der Waals surface area contributed by atoms with Gasteiger partial charge in [0, 0.05) is 32.2 Å². The fraction of sp³-hybridized carbons (Fsp3) is 0.667. The van der Waals surface area contributed by atoms with Gasteiger partial charge in [-0.2, -0.15) is 0 Å². The van der Waals surface area contributed by atoms with Crippen LogP contribution in [-0.2, 0) is 11.3 Å². The molecule has 1 amide bonds. The van der Waals surface area contributed by atoms with E-state index in [0.29, 0.717) is 12.5 Å². The largest absolute Gasteiger partial charge is 0.493 e. The number of halogens is 1. The molecule has 1 heterocycles. The zero-order valence-corrected chi connectivity index (χ0v) is 22.5. The van der Waals surface area contributed by atoms with E-state index in [-0.39, 0.29) is 35.8 Å². The van der Waals surface area contributed by atoms with Gasteiger partial charge < -0.3 is 26.0 Å². The Hall–Kier alpha value is -1.55. The van der Waals surface area contributed by atoms with E-state index in [1.165, 1.54) is 5.56 Å². The minimum absolute atomic E-state index is 0. The standard InChI is InChI=1S/C24H41N5O2.HI/c1-18(2)10-14-31-22-15-19(3)8-9-20(22)16-28-24(26-4)27-11-6-13-29-12-5-7-21(17-29)23(25)30;/h8-9,15,18,21H,5-7,10-14,16-17H2,1-4H3,(H2,25,30)(H2,26,27,28);1H. The summed E-state index contributed by atoms with van der Waals surface area (Å²) in [7, 11) is 1.78. The van der Waals surface area contributed by atoms with E-state index < -0.39 is 0 Å². The quantitative estimate of drug-likeness (QED) is 0.168. The molecule has 1 aliphatic rings. The lowest BCUT2D eigenvalue weighted by Gasteiger charge is -2.31. The second-order valence-corrected chi connectivity index (χ2v) is 8.89. The maximum atomic E-state index is 11.4. The number of piperidine rings is 1. The average Bonchev–Trinajstić information content (AvgIpc) is 2.74. The minimum atomic E-state index is -0.170. The molecule has 0 bridgehead atoms. The zero-order chi connectivity index (χ0) is 22.6. The Morgan fingerprint density at radius 3 is 2.81 bits per heavy atom. The number of benzene rings is 1. The predicted molar refractivity (Wildman–Crippen MR) is 143 cm³/mol. The highest BCUT2D eigenvalue weighted by Gasteiger charge is 2.23. The summed E-state index contributed by atoms with van der Waals surface area (Å²) in [6.07, 6.45) is 3.99. The summed E-state index contributed by atoms with van der Waals surface area (Å²) >= 11 is 0.